The van der Waals surface area contributed by atoms with E-state index >= 15 is 0 Å². The van der Waals surface area contributed by atoms with E-state index in [4.69, 9.17) is 4.74 Å². The molecule has 2 heteroatoms. The molecule has 0 aliphatic rings. The van der Waals surface area contributed by atoms with Crippen molar-refractivity contribution in [3.05, 3.63) is 158 Å². The molecule has 0 aliphatic heterocycles. The molecule has 0 heterocycles. The van der Waals surface area contributed by atoms with Gasteiger partial charge in [0.2, 0.25) is 0 Å². The van der Waals surface area contributed by atoms with E-state index in [2.05, 4.69) is 150 Å². The summed E-state index contributed by atoms with van der Waals surface area (Å²) in [6, 6.07) is 56.1. The second kappa shape index (κ2) is 10.7. The highest BCUT2D eigenvalue weighted by Gasteiger charge is 2.22. The number of fused-ring (bicyclic) bond motifs is 2. The number of nitrogens with zero attached hydrogens (tertiary/aromatic N) is 1. The number of para-hydroxylation sites is 1. The number of rotatable bonds is 6. The SMILES string of the molecule is COc1ccc(N(c2ccccc2-c2ccccc2)c2ccc3ccccc3c2-c2ccc3ccccc3c2)cc1. The second-order valence-electron chi connectivity index (χ2n) is 10.2. The van der Waals surface area contributed by atoms with Crippen LogP contribution in [0.5, 0.6) is 5.75 Å². The first kappa shape index (κ1) is 24.7. The average molecular weight is 528 g/mol. The Morgan fingerprint density at radius 1 is 0.463 bits per heavy atom. The van der Waals surface area contributed by atoms with E-state index in [9.17, 15) is 0 Å². The Labute approximate surface area is 240 Å². The lowest BCUT2D eigenvalue weighted by atomic mass is 9.93. The molecular formula is C39H29NO. The Hall–Kier alpha value is -5.34. The molecule has 7 aromatic carbocycles. The van der Waals surface area contributed by atoms with Gasteiger partial charge in [-0.05, 0) is 75.1 Å². The average Bonchev–Trinajstić information content (AvgIpc) is 3.05. The third-order valence-corrected chi connectivity index (χ3v) is 7.75. The van der Waals surface area contributed by atoms with Crippen molar-refractivity contribution in [1.82, 2.24) is 0 Å². The van der Waals surface area contributed by atoms with Gasteiger partial charge >= 0.3 is 0 Å². The molecular weight excluding hydrogens is 498 g/mol. The van der Waals surface area contributed by atoms with Crippen LogP contribution < -0.4 is 9.64 Å². The lowest BCUT2D eigenvalue weighted by Crippen LogP contribution is -2.12. The fourth-order valence-corrected chi connectivity index (χ4v) is 5.76. The van der Waals surface area contributed by atoms with Gasteiger partial charge in [0.15, 0.2) is 0 Å². The molecule has 0 radical (unpaired) electrons. The minimum atomic E-state index is 0.832. The van der Waals surface area contributed by atoms with Gasteiger partial charge in [0, 0.05) is 16.8 Å². The van der Waals surface area contributed by atoms with Crippen LogP contribution in [0.2, 0.25) is 0 Å². The minimum Gasteiger partial charge on any atom is -0.497 e. The van der Waals surface area contributed by atoms with E-state index in [1.54, 1.807) is 7.11 Å². The summed E-state index contributed by atoms with van der Waals surface area (Å²) in [5, 5.41) is 4.89. The minimum absolute atomic E-state index is 0.832. The molecule has 196 valence electrons. The summed E-state index contributed by atoms with van der Waals surface area (Å²) >= 11 is 0. The molecule has 7 rings (SSSR count). The van der Waals surface area contributed by atoms with Gasteiger partial charge in [0.1, 0.15) is 5.75 Å². The second-order valence-corrected chi connectivity index (χ2v) is 10.2. The quantitative estimate of drug-likeness (QED) is 0.213. The maximum absolute atomic E-state index is 5.53. The molecule has 0 N–H and O–H groups in total. The number of benzene rings is 7. The summed E-state index contributed by atoms with van der Waals surface area (Å²) in [5.74, 6) is 0.832. The van der Waals surface area contributed by atoms with Crippen LogP contribution in [-0.2, 0) is 0 Å². The van der Waals surface area contributed by atoms with Crippen LogP contribution in [0.3, 0.4) is 0 Å². The van der Waals surface area contributed by atoms with E-state index in [-0.39, 0.29) is 0 Å². The standard InChI is InChI=1S/C39H29NO/c1-41-34-24-22-33(23-25-34)40(37-18-10-9-16-35(37)29-12-3-2-4-13-29)38-26-21-30-14-7-8-17-36(30)39(38)32-20-19-28-11-5-6-15-31(28)27-32/h2-27H,1H3. The van der Waals surface area contributed by atoms with E-state index in [1.807, 2.05) is 12.1 Å². The third kappa shape index (κ3) is 4.60. The van der Waals surface area contributed by atoms with Crippen LogP contribution in [0.4, 0.5) is 17.1 Å². The fraction of sp³-hybridized carbons (Fsp3) is 0.0256. The number of methoxy groups -OCH3 is 1. The van der Waals surface area contributed by atoms with Gasteiger partial charge in [-0.2, -0.15) is 0 Å². The molecule has 2 nitrogen and oxygen atoms in total. The first-order valence-corrected chi connectivity index (χ1v) is 13.9. The van der Waals surface area contributed by atoms with E-state index in [0.717, 1.165) is 22.8 Å². The monoisotopic (exact) mass is 527 g/mol. The van der Waals surface area contributed by atoms with Crippen molar-refractivity contribution >= 4 is 38.6 Å². The Balaban J connectivity index is 1.55. The summed E-state index contributed by atoms with van der Waals surface area (Å²) in [4.78, 5) is 2.39. The Bertz CT molecular complexity index is 1980. The van der Waals surface area contributed by atoms with E-state index in [1.165, 1.54) is 43.8 Å². The lowest BCUT2D eigenvalue weighted by Gasteiger charge is -2.30. The van der Waals surface area contributed by atoms with Crippen molar-refractivity contribution in [2.45, 2.75) is 0 Å². The maximum Gasteiger partial charge on any atom is 0.119 e. The van der Waals surface area contributed by atoms with E-state index in [0.29, 0.717) is 0 Å². The molecule has 0 spiro atoms. The van der Waals surface area contributed by atoms with Crippen molar-refractivity contribution < 1.29 is 4.74 Å². The number of ether oxygens (including phenoxy) is 1. The van der Waals surface area contributed by atoms with Crippen LogP contribution >= 0.6 is 0 Å². The van der Waals surface area contributed by atoms with Crippen LogP contribution in [0.1, 0.15) is 0 Å². The molecule has 41 heavy (non-hydrogen) atoms. The van der Waals surface area contributed by atoms with Crippen molar-refractivity contribution in [1.29, 1.82) is 0 Å². The molecule has 7 aromatic rings. The van der Waals surface area contributed by atoms with Gasteiger partial charge in [-0.1, -0.05) is 115 Å². The molecule has 0 atom stereocenters. The first-order valence-electron chi connectivity index (χ1n) is 13.9. The van der Waals surface area contributed by atoms with Crippen LogP contribution in [0.15, 0.2) is 158 Å². The van der Waals surface area contributed by atoms with Crippen LogP contribution in [0, 0.1) is 0 Å². The highest BCUT2D eigenvalue weighted by molar-refractivity contribution is 6.07. The molecule has 0 bridgehead atoms. The smallest absolute Gasteiger partial charge is 0.119 e. The Morgan fingerprint density at radius 3 is 1.93 bits per heavy atom. The molecule has 0 fully saturated rings. The summed E-state index contributed by atoms with van der Waals surface area (Å²) in [7, 11) is 1.71. The lowest BCUT2D eigenvalue weighted by molar-refractivity contribution is 0.415. The fourth-order valence-electron chi connectivity index (χ4n) is 5.76. The first-order chi connectivity index (χ1) is 20.3. The summed E-state index contributed by atoms with van der Waals surface area (Å²) in [6.07, 6.45) is 0. The third-order valence-electron chi connectivity index (χ3n) is 7.75. The number of hydrogen-bond acceptors (Lipinski definition) is 2. The molecule has 0 aromatic heterocycles. The van der Waals surface area contributed by atoms with Gasteiger partial charge in [0.05, 0.1) is 18.5 Å². The summed E-state index contributed by atoms with van der Waals surface area (Å²) < 4.78 is 5.53. The van der Waals surface area contributed by atoms with Crippen molar-refractivity contribution in [3.63, 3.8) is 0 Å². The topological polar surface area (TPSA) is 12.5 Å². The summed E-state index contributed by atoms with van der Waals surface area (Å²) in [5.41, 5.74) is 8.02. The van der Waals surface area contributed by atoms with Gasteiger partial charge in [-0.15, -0.1) is 0 Å². The largest absolute Gasteiger partial charge is 0.497 e. The van der Waals surface area contributed by atoms with Crippen molar-refractivity contribution in [2.75, 3.05) is 12.0 Å². The zero-order valence-electron chi connectivity index (χ0n) is 22.9. The maximum atomic E-state index is 5.53. The van der Waals surface area contributed by atoms with Crippen LogP contribution in [-0.4, -0.2) is 7.11 Å². The molecule has 0 amide bonds. The molecule has 0 aliphatic carbocycles. The Morgan fingerprint density at radius 2 is 1.12 bits per heavy atom. The van der Waals surface area contributed by atoms with Gasteiger partial charge in [0.25, 0.3) is 0 Å². The predicted octanol–water partition coefficient (Wildman–Crippen LogP) is 10.8. The highest BCUT2D eigenvalue weighted by Crippen LogP contribution is 2.47. The van der Waals surface area contributed by atoms with Gasteiger partial charge in [-0.25, -0.2) is 0 Å². The van der Waals surface area contributed by atoms with Gasteiger partial charge in [-0.3, -0.25) is 0 Å². The number of anilines is 3. The zero-order valence-corrected chi connectivity index (χ0v) is 22.9. The molecule has 0 saturated carbocycles. The van der Waals surface area contributed by atoms with Crippen LogP contribution in [0.25, 0.3) is 43.8 Å². The zero-order chi connectivity index (χ0) is 27.6. The highest BCUT2D eigenvalue weighted by atomic mass is 16.5. The molecule has 0 unspecified atom stereocenters. The number of hydrogen-bond donors (Lipinski definition) is 0. The summed E-state index contributed by atoms with van der Waals surface area (Å²) in [6.45, 7) is 0. The van der Waals surface area contributed by atoms with E-state index < -0.39 is 0 Å². The Kier molecular flexibility index (Phi) is 6.42. The molecule has 0 saturated heterocycles. The predicted molar refractivity (Wildman–Crippen MR) is 174 cm³/mol. The van der Waals surface area contributed by atoms with Crippen molar-refractivity contribution in [2.24, 2.45) is 0 Å². The van der Waals surface area contributed by atoms with Gasteiger partial charge < -0.3 is 9.64 Å². The normalized spacial score (nSPS) is 11.0. The van der Waals surface area contributed by atoms with Crippen molar-refractivity contribution in [3.8, 4) is 28.0 Å².